The van der Waals surface area contributed by atoms with Gasteiger partial charge in [0.25, 0.3) is 0 Å². The largest absolute Gasteiger partial charge is 0.481 e. The monoisotopic (exact) mass is 367 g/mol. The number of nitrogens with one attached hydrogen (secondary N) is 1. The molecule has 110 valence electrons. The lowest BCUT2D eigenvalue weighted by atomic mass is 10.00. The minimum absolute atomic E-state index is 0.492. The maximum absolute atomic E-state index is 10.9. The maximum atomic E-state index is 10.9. The number of carbonyl (C=O) groups is 1. The maximum Gasteiger partial charge on any atom is 0.310 e. The molecule has 0 aliphatic carbocycles. The normalized spacial score (nSPS) is 12.0. The van der Waals surface area contributed by atoms with Crippen molar-refractivity contribution in [1.82, 2.24) is 0 Å². The first-order valence-corrected chi connectivity index (χ1v) is 7.65. The minimum atomic E-state index is -0.816. The molecule has 0 saturated carbocycles. The summed E-state index contributed by atoms with van der Waals surface area (Å²) >= 11 is 9.48. The number of halogens is 2. The van der Waals surface area contributed by atoms with Crippen molar-refractivity contribution in [3.63, 3.8) is 0 Å². The Labute approximate surface area is 137 Å². The van der Waals surface area contributed by atoms with E-state index in [9.17, 15) is 4.79 Å². The fourth-order valence-corrected chi connectivity index (χ4v) is 2.48. The zero-order valence-corrected chi connectivity index (χ0v) is 13.8. The van der Waals surface area contributed by atoms with Gasteiger partial charge in [-0.1, -0.05) is 41.9 Å². The summed E-state index contributed by atoms with van der Waals surface area (Å²) in [6.45, 7) is 2.32. The van der Waals surface area contributed by atoms with Crippen LogP contribution in [0.1, 0.15) is 24.0 Å². The summed E-state index contributed by atoms with van der Waals surface area (Å²) in [7, 11) is 0. The van der Waals surface area contributed by atoms with Gasteiger partial charge in [-0.3, -0.25) is 4.79 Å². The lowest BCUT2D eigenvalue weighted by Gasteiger charge is -2.11. The topological polar surface area (TPSA) is 49.3 Å². The molecular weight excluding hydrogens is 354 g/mol. The van der Waals surface area contributed by atoms with E-state index < -0.39 is 11.9 Å². The van der Waals surface area contributed by atoms with E-state index in [4.69, 9.17) is 16.7 Å². The minimum Gasteiger partial charge on any atom is -0.481 e. The van der Waals surface area contributed by atoms with Crippen molar-refractivity contribution in [2.45, 2.75) is 19.4 Å². The Hall–Kier alpha value is -1.52. The Morgan fingerprint density at radius 3 is 2.57 bits per heavy atom. The molecule has 0 amide bonds. The Bertz CT molecular complexity index is 643. The Morgan fingerprint density at radius 1 is 1.29 bits per heavy atom. The SMILES string of the molecule is CC(C(=O)O)c1ccc(CNc2cccc(Cl)c2Br)cc1. The molecule has 3 nitrogen and oxygen atoms in total. The molecule has 0 saturated heterocycles. The van der Waals surface area contributed by atoms with Crippen LogP contribution in [0.5, 0.6) is 0 Å². The van der Waals surface area contributed by atoms with Crippen LogP contribution in [0.15, 0.2) is 46.9 Å². The average molecular weight is 369 g/mol. The molecule has 2 aromatic carbocycles. The van der Waals surface area contributed by atoms with Crippen LogP contribution >= 0.6 is 27.5 Å². The van der Waals surface area contributed by atoms with E-state index in [1.807, 2.05) is 42.5 Å². The summed E-state index contributed by atoms with van der Waals surface area (Å²) in [6.07, 6.45) is 0. The van der Waals surface area contributed by atoms with E-state index >= 15 is 0 Å². The molecule has 0 radical (unpaired) electrons. The second-order valence-corrected chi connectivity index (χ2v) is 5.96. The lowest BCUT2D eigenvalue weighted by molar-refractivity contribution is -0.138. The lowest BCUT2D eigenvalue weighted by Crippen LogP contribution is -2.07. The quantitative estimate of drug-likeness (QED) is 0.789. The van der Waals surface area contributed by atoms with Crippen LogP contribution < -0.4 is 5.32 Å². The highest BCUT2D eigenvalue weighted by atomic mass is 79.9. The van der Waals surface area contributed by atoms with E-state index in [1.54, 1.807) is 6.92 Å². The molecule has 1 unspecified atom stereocenters. The van der Waals surface area contributed by atoms with Crippen molar-refractivity contribution in [2.24, 2.45) is 0 Å². The number of hydrogen-bond donors (Lipinski definition) is 2. The number of carboxylic acids is 1. The molecule has 2 rings (SSSR count). The number of aliphatic carboxylic acids is 1. The highest BCUT2D eigenvalue weighted by molar-refractivity contribution is 9.10. The summed E-state index contributed by atoms with van der Waals surface area (Å²) in [5, 5.41) is 12.9. The highest BCUT2D eigenvalue weighted by Crippen LogP contribution is 2.30. The van der Waals surface area contributed by atoms with Gasteiger partial charge >= 0.3 is 5.97 Å². The molecule has 2 aromatic rings. The third-order valence-corrected chi connectivity index (χ3v) is 4.68. The van der Waals surface area contributed by atoms with Crippen molar-refractivity contribution in [2.75, 3.05) is 5.32 Å². The summed E-state index contributed by atoms with van der Waals surface area (Å²) < 4.78 is 0.836. The van der Waals surface area contributed by atoms with Gasteiger partial charge < -0.3 is 10.4 Å². The van der Waals surface area contributed by atoms with Gasteiger partial charge in [-0.2, -0.15) is 0 Å². The van der Waals surface area contributed by atoms with Crippen LogP contribution in [-0.4, -0.2) is 11.1 Å². The first-order valence-electron chi connectivity index (χ1n) is 6.48. The Kier molecular flexibility index (Phi) is 5.26. The number of anilines is 1. The zero-order valence-electron chi connectivity index (χ0n) is 11.4. The number of carboxylic acid groups (broad SMARTS) is 1. The van der Waals surface area contributed by atoms with E-state index in [0.717, 1.165) is 21.3 Å². The summed E-state index contributed by atoms with van der Waals surface area (Å²) in [5.41, 5.74) is 2.80. The van der Waals surface area contributed by atoms with Crippen LogP contribution in [-0.2, 0) is 11.3 Å². The highest BCUT2D eigenvalue weighted by Gasteiger charge is 2.12. The molecule has 21 heavy (non-hydrogen) atoms. The van der Waals surface area contributed by atoms with E-state index in [2.05, 4.69) is 21.2 Å². The van der Waals surface area contributed by atoms with Gasteiger partial charge in [0, 0.05) is 6.54 Å². The molecule has 0 bridgehead atoms. The predicted octanol–water partition coefficient (Wildman–Crippen LogP) is 4.90. The average Bonchev–Trinajstić information content (AvgIpc) is 2.48. The van der Waals surface area contributed by atoms with Crippen LogP contribution in [0.3, 0.4) is 0 Å². The second-order valence-electron chi connectivity index (χ2n) is 4.76. The smallest absolute Gasteiger partial charge is 0.310 e. The van der Waals surface area contributed by atoms with E-state index in [-0.39, 0.29) is 0 Å². The molecule has 5 heteroatoms. The molecular formula is C16H15BrClNO2. The third kappa shape index (κ3) is 3.99. The van der Waals surface area contributed by atoms with Gasteiger partial charge in [-0.25, -0.2) is 0 Å². The Morgan fingerprint density at radius 2 is 1.95 bits per heavy atom. The fourth-order valence-electron chi connectivity index (χ4n) is 1.90. The summed E-state index contributed by atoms with van der Waals surface area (Å²) in [5.74, 6) is -1.31. The second kappa shape index (κ2) is 6.96. The Balaban J connectivity index is 2.04. The van der Waals surface area contributed by atoms with Gasteiger partial charge in [0.05, 0.1) is 21.1 Å². The van der Waals surface area contributed by atoms with E-state index in [0.29, 0.717) is 11.6 Å². The van der Waals surface area contributed by atoms with Gasteiger partial charge in [-0.15, -0.1) is 0 Å². The molecule has 0 aliphatic rings. The predicted molar refractivity (Wildman–Crippen MR) is 89.0 cm³/mol. The van der Waals surface area contributed by atoms with Crippen LogP contribution in [0, 0.1) is 0 Å². The van der Waals surface area contributed by atoms with Crippen molar-refractivity contribution in [3.8, 4) is 0 Å². The molecule has 0 heterocycles. The fraction of sp³-hybridized carbons (Fsp3) is 0.188. The van der Waals surface area contributed by atoms with Crippen LogP contribution in [0.4, 0.5) is 5.69 Å². The van der Waals surface area contributed by atoms with Gasteiger partial charge in [0.1, 0.15) is 0 Å². The standard InChI is InChI=1S/C16H15BrClNO2/c1-10(16(20)21)12-7-5-11(6-8-12)9-19-14-4-2-3-13(18)15(14)17/h2-8,10,19H,9H2,1H3,(H,20,21). The molecule has 0 spiro atoms. The zero-order chi connectivity index (χ0) is 15.4. The first kappa shape index (κ1) is 15.9. The van der Waals surface area contributed by atoms with Crippen LogP contribution in [0.25, 0.3) is 0 Å². The molecule has 0 aromatic heterocycles. The van der Waals surface area contributed by atoms with Crippen LogP contribution in [0.2, 0.25) is 5.02 Å². The van der Waals surface area contributed by atoms with Crippen molar-refractivity contribution in [3.05, 3.63) is 63.1 Å². The molecule has 0 fully saturated rings. The molecule has 0 aliphatic heterocycles. The number of benzene rings is 2. The first-order chi connectivity index (χ1) is 9.99. The number of hydrogen-bond acceptors (Lipinski definition) is 2. The van der Waals surface area contributed by atoms with Crippen molar-refractivity contribution < 1.29 is 9.90 Å². The third-order valence-electron chi connectivity index (χ3n) is 3.28. The van der Waals surface area contributed by atoms with Crippen molar-refractivity contribution >= 4 is 39.2 Å². The number of rotatable bonds is 5. The summed E-state index contributed by atoms with van der Waals surface area (Å²) in [6, 6.07) is 13.2. The molecule has 2 N–H and O–H groups in total. The van der Waals surface area contributed by atoms with Crippen molar-refractivity contribution in [1.29, 1.82) is 0 Å². The summed E-state index contributed by atoms with van der Waals surface area (Å²) in [4.78, 5) is 10.9. The van der Waals surface area contributed by atoms with Gasteiger partial charge in [-0.05, 0) is 46.1 Å². The van der Waals surface area contributed by atoms with E-state index in [1.165, 1.54) is 0 Å². The molecule has 1 atom stereocenters. The van der Waals surface area contributed by atoms with Gasteiger partial charge in [0.15, 0.2) is 0 Å². The van der Waals surface area contributed by atoms with Gasteiger partial charge in [0.2, 0.25) is 0 Å².